The van der Waals surface area contributed by atoms with Crippen molar-refractivity contribution in [3.05, 3.63) is 49.8 Å². The molecule has 0 unspecified atom stereocenters. The van der Waals surface area contributed by atoms with Gasteiger partial charge in [0.25, 0.3) is 5.91 Å². The highest BCUT2D eigenvalue weighted by molar-refractivity contribution is 7.09. The average molecular weight is 278 g/mol. The van der Waals surface area contributed by atoms with E-state index in [0.29, 0.717) is 12.1 Å². The standard InChI is InChI=1S/C12H14N4O2S/c1-7-8(2)19-12(18)16(7)6-10-4-3-9(5-14-10)11(17)15-13/h3-5H,6,13H2,1-2H3,(H,15,17). The monoisotopic (exact) mass is 278 g/mol. The molecule has 2 heterocycles. The maximum absolute atomic E-state index is 11.8. The minimum atomic E-state index is -0.390. The number of nitrogen functional groups attached to an aromatic ring is 1. The molecule has 2 aromatic rings. The van der Waals surface area contributed by atoms with E-state index in [2.05, 4.69) is 4.98 Å². The van der Waals surface area contributed by atoms with Crippen molar-refractivity contribution in [2.75, 3.05) is 0 Å². The third kappa shape index (κ3) is 2.72. The molecule has 0 saturated heterocycles. The quantitative estimate of drug-likeness (QED) is 0.488. The van der Waals surface area contributed by atoms with E-state index in [1.807, 2.05) is 19.3 Å². The van der Waals surface area contributed by atoms with Gasteiger partial charge in [-0.3, -0.25) is 24.6 Å². The lowest BCUT2D eigenvalue weighted by Crippen LogP contribution is -2.30. The van der Waals surface area contributed by atoms with Crippen molar-refractivity contribution in [1.82, 2.24) is 15.0 Å². The number of nitrogens with zero attached hydrogens (tertiary/aromatic N) is 2. The molecule has 0 fully saturated rings. The summed E-state index contributed by atoms with van der Waals surface area (Å²) in [5.74, 6) is 4.65. The predicted octanol–water partition coefficient (Wildman–Crippen LogP) is 0.573. The molecule has 2 aromatic heterocycles. The van der Waals surface area contributed by atoms with Crippen LogP contribution in [0.3, 0.4) is 0 Å². The maximum atomic E-state index is 11.8. The molecule has 0 aromatic carbocycles. The lowest BCUT2D eigenvalue weighted by Gasteiger charge is -2.05. The molecular weight excluding hydrogens is 264 g/mol. The molecule has 6 nitrogen and oxygen atoms in total. The first kappa shape index (κ1) is 13.4. The number of rotatable bonds is 3. The van der Waals surface area contributed by atoms with Gasteiger partial charge in [0.1, 0.15) is 0 Å². The molecule has 1 amide bonds. The van der Waals surface area contributed by atoms with Gasteiger partial charge in [-0.05, 0) is 26.0 Å². The van der Waals surface area contributed by atoms with Gasteiger partial charge in [0, 0.05) is 16.8 Å². The van der Waals surface area contributed by atoms with E-state index in [1.165, 1.54) is 17.5 Å². The normalized spacial score (nSPS) is 10.5. The Bertz CT molecular complexity index is 657. The first-order valence-electron chi connectivity index (χ1n) is 5.65. The third-order valence-corrected chi connectivity index (χ3v) is 3.91. The summed E-state index contributed by atoms with van der Waals surface area (Å²) in [4.78, 5) is 28.2. The SMILES string of the molecule is Cc1sc(=O)n(Cc2ccc(C(=O)NN)cn2)c1C. The smallest absolute Gasteiger partial charge is 0.297 e. The molecule has 0 radical (unpaired) electrons. The number of pyridine rings is 1. The summed E-state index contributed by atoms with van der Waals surface area (Å²) < 4.78 is 1.67. The van der Waals surface area contributed by atoms with Crippen LogP contribution in [0.1, 0.15) is 26.6 Å². The van der Waals surface area contributed by atoms with Crippen molar-refractivity contribution in [3.63, 3.8) is 0 Å². The van der Waals surface area contributed by atoms with Crippen molar-refractivity contribution < 1.29 is 4.79 Å². The zero-order chi connectivity index (χ0) is 14.0. The molecule has 100 valence electrons. The van der Waals surface area contributed by atoms with Gasteiger partial charge >= 0.3 is 4.87 Å². The molecular formula is C12H14N4O2S. The minimum absolute atomic E-state index is 0.000535. The van der Waals surface area contributed by atoms with Gasteiger partial charge < -0.3 is 0 Å². The highest BCUT2D eigenvalue weighted by Gasteiger charge is 2.09. The number of amides is 1. The molecule has 19 heavy (non-hydrogen) atoms. The van der Waals surface area contributed by atoms with E-state index < -0.39 is 5.91 Å². The number of hydrazine groups is 1. The van der Waals surface area contributed by atoms with Crippen LogP contribution in [-0.4, -0.2) is 15.5 Å². The molecule has 0 bridgehead atoms. The van der Waals surface area contributed by atoms with E-state index in [0.717, 1.165) is 16.3 Å². The Morgan fingerprint density at radius 3 is 2.68 bits per heavy atom. The number of carbonyl (C=O) groups is 1. The van der Waals surface area contributed by atoms with Crippen LogP contribution < -0.4 is 16.1 Å². The van der Waals surface area contributed by atoms with E-state index in [4.69, 9.17) is 5.84 Å². The summed E-state index contributed by atoms with van der Waals surface area (Å²) >= 11 is 1.23. The van der Waals surface area contributed by atoms with Crippen LogP contribution in [-0.2, 0) is 6.54 Å². The number of nitrogens with two attached hydrogens (primary N) is 1. The molecule has 0 aliphatic carbocycles. The van der Waals surface area contributed by atoms with Crippen LogP contribution >= 0.6 is 11.3 Å². The summed E-state index contributed by atoms with van der Waals surface area (Å²) in [6, 6.07) is 3.34. The van der Waals surface area contributed by atoms with Crippen LogP contribution in [0.25, 0.3) is 0 Å². The van der Waals surface area contributed by atoms with Gasteiger partial charge in [0.15, 0.2) is 0 Å². The molecule has 0 aliphatic rings. The van der Waals surface area contributed by atoms with E-state index >= 15 is 0 Å². The summed E-state index contributed by atoms with van der Waals surface area (Å²) in [6.07, 6.45) is 1.44. The fourth-order valence-electron chi connectivity index (χ4n) is 1.67. The highest BCUT2D eigenvalue weighted by Crippen LogP contribution is 2.11. The number of aromatic nitrogens is 2. The zero-order valence-electron chi connectivity index (χ0n) is 10.6. The molecule has 2 rings (SSSR count). The number of hydrogen-bond donors (Lipinski definition) is 2. The van der Waals surface area contributed by atoms with Crippen molar-refractivity contribution in [2.45, 2.75) is 20.4 Å². The summed E-state index contributed by atoms with van der Waals surface area (Å²) in [6.45, 7) is 4.23. The van der Waals surface area contributed by atoms with Gasteiger partial charge in [-0.15, -0.1) is 0 Å². The third-order valence-electron chi connectivity index (χ3n) is 2.91. The Labute approximate surface area is 113 Å². The fraction of sp³-hybridized carbons (Fsp3) is 0.250. The molecule has 0 spiro atoms. The largest absolute Gasteiger partial charge is 0.307 e. The Morgan fingerprint density at radius 2 is 2.21 bits per heavy atom. The average Bonchev–Trinajstić information content (AvgIpc) is 2.65. The van der Waals surface area contributed by atoms with Gasteiger partial charge in [0.05, 0.1) is 17.8 Å². The van der Waals surface area contributed by atoms with Crippen LogP contribution in [0.2, 0.25) is 0 Å². The predicted molar refractivity (Wildman–Crippen MR) is 73.0 cm³/mol. The van der Waals surface area contributed by atoms with Gasteiger partial charge in [-0.2, -0.15) is 0 Å². The Hall–Kier alpha value is -1.99. The number of hydrogen-bond acceptors (Lipinski definition) is 5. The molecule has 0 atom stereocenters. The Balaban J connectivity index is 2.25. The fourth-order valence-corrected chi connectivity index (χ4v) is 2.50. The molecule has 0 saturated carbocycles. The first-order valence-corrected chi connectivity index (χ1v) is 6.47. The molecule has 7 heteroatoms. The van der Waals surface area contributed by atoms with Crippen molar-refractivity contribution >= 4 is 17.2 Å². The zero-order valence-corrected chi connectivity index (χ0v) is 11.5. The van der Waals surface area contributed by atoms with E-state index in [9.17, 15) is 9.59 Å². The number of carbonyl (C=O) groups excluding carboxylic acids is 1. The maximum Gasteiger partial charge on any atom is 0.307 e. The van der Waals surface area contributed by atoms with Crippen LogP contribution in [0, 0.1) is 13.8 Å². The molecule has 0 aliphatic heterocycles. The summed E-state index contributed by atoms with van der Waals surface area (Å²) in [7, 11) is 0. The van der Waals surface area contributed by atoms with Gasteiger partial charge in [-0.25, -0.2) is 5.84 Å². The van der Waals surface area contributed by atoms with Gasteiger partial charge in [-0.1, -0.05) is 11.3 Å². The second-order valence-electron chi connectivity index (χ2n) is 4.11. The van der Waals surface area contributed by atoms with Gasteiger partial charge in [0.2, 0.25) is 0 Å². The van der Waals surface area contributed by atoms with Crippen LogP contribution in [0.15, 0.2) is 23.1 Å². The second kappa shape index (κ2) is 5.33. The molecule has 3 N–H and O–H groups in total. The first-order chi connectivity index (χ1) is 9.02. The number of thiazole rings is 1. The number of aryl methyl sites for hydroxylation is 1. The van der Waals surface area contributed by atoms with Crippen LogP contribution in [0.4, 0.5) is 0 Å². The van der Waals surface area contributed by atoms with E-state index in [1.54, 1.807) is 16.7 Å². The summed E-state index contributed by atoms with van der Waals surface area (Å²) in [5, 5.41) is 0. The second-order valence-corrected chi connectivity index (χ2v) is 5.27. The summed E-state index contributed by atoms with van der Waals surface area (Å²) in [5.41, 5.74) is 4.09. The highest BCUT2D eigenvalue weighted by atomic mass is 32.1. The minimum Gasteiger partial charge on any atom is -0.297 e. The topological polar surface area (TPSA) is 90.0 Å². The Morgan fingerprint density at radius 1 is 1.47 bits per heavy atom. The van der Waals surface area contributed by atoms with E-state index in [-0.39, 0.29) is 4.87 Å². The lowest BCUT2D eigenvalue weighted by molar-refractivity contribution is 0.0953. The van der Waals surface area contributed by atoms with Crippen molar-refractivity contribution in [2.24, 2.45) is 5.84 Å². The van der Waals surface area contributed by atoms with Crippen molar-refractivity contribution in [3.8, 4) is 0 Å². The van der Waals surface area contributed by atoms with Crippen LogP contribution in [0.5, 0.6) is 0 Å². The lowest BCUT2D eigenvalue weighted by atomic mass is 10.2. The number of nitrogens with one attached hydrogen (secondary N) is 1. The van der Waals surface area contributed by atoms with Crippen molar-refractivity contribution in [1.29, 1.82) is 0 Å². The Kier molecular flexibility index (Phi) is 3.77.